The minimum absolute atomic E-state index is 0.257. The SMILES string of the molecule is COc1cc(OC)c(OC)cc1CN[C@H]1CCOc2ccccc21. The Balaban J connectivity index is 1.80. The Labute approximate surface area is 142 Å². The van der Waals surface area contributed by atoms with E-state index in [0.29, 0.717) is 18.0 Å². The van der Waals surface area contributed by atoms with Gasteiger partial charge in [0.25, 0.3) is 0 Å². The van der Waals surface area contributed by atoms with Crippen molar-refractivity contribution < 1.29 is 18.9 Å². The predicted molar refractivity (Wildman–Crippen MR) is 92.2 cm³/mol. The van der Waals surface area contributed by atoms with Crippen LogP contribution in [0.25, 0.3) is 0 Å². The van der Waals surface area contributed by atoms with Crippen LogP contribution in [0.5, 0.6) is 23.0 Å². The molecule has 128 valence electrons. The Kier molecular flexibility index (Phi) is 5.11. The Morgan fingerprint density at radius 2 is 1.71 bits per heavy atom. The van der Waals surface area contributed by atoms with Crippen molar-refractivity contribution >= 4 is 0 Å². The van der Waals surface area contributed by atoms with Gasteiger partial charge in [-0.05, 0) is 12.1 Å². The summed E-state index contributed by atoms with van der Waals surface area (Å²) in [6.07, 6.45) is 0.937. The number of rotatable bonds is 6. The standard InChI is InChI=1S/C19H23NO4/c1-21-17-11-19(23-3)18(22-2)10-13(17)12-20-15-8-9-24-16-7-5-4-6-14(15)16/h4-7,10-11,15,20H,8-9,12H2,1-3H3/t15-/m0/s1. The fourth-order valence-electron chi connectivity index (χ4n) is 3.02. The molecule has 0 amide bonds. The highest BCUT2D eigenvalue weighted by Crippen LogP contribution is 2.36. The third-order valence-corrected chi connectivity index (χ3v) is 4.28. The predicted octanol–water partition coefficient (Wildman–Crippen LogP) is 3.33. The minimum Gasteiger partial charge on any atom is -0.496 e. The minimum atomic E-state index is 0.257. The zero-order chi connectivity index (χ0) is 16.9. The lowest BCUT2D eigenvalue weighted by molar-refractivity contribution is 0.251. The normalized spacial score (nSPS) is 16.0. The smallest absolute Gasteiger partial charge is 0.164 e. The molecule has 2 aromatic rings. The molecule has 5 heteroatoms. The lowest BCUT2D eigenvalue weighted by Crippen LogP contribution is -2.26. The van der Waals surface area contributed by atoms with Crippen LogP contribution in [-0.4, -0.2) is 27.9 Å². The summed E-state index contributed by atoms with van der Waals surface area (Å²) in [5.41, 5.74) is 2.22. The molecule has 3 rings (SSSR count). The van der Waals surface area contributed by atoms with Gasteiger partial charge in [0.1, 0.15) is 11.5 Å². The van der Waals surface area contributed by atoms with Gasteiger partial charge < -0.3 is 24.3 Å². The molecule has 24 heavy (non-hydrogen) atoms. The topological polar surface area (TPSA) is 49.0 Å². The van der Waals surface area contributed by atoms with Crippen molar-refractivity contribution in [2.75, 3.05) is 27.9 Å². The molecule has 1 heterocycles. The Bertz CT molecular complexity index is 702. The van der Waals surface area contributed by atoms with Gasteiger partial charge in [-0.1, -0.05) is 18.2 Å². The monoisotopic (exact) mass is 329 g/mol. The van der Waals surface area contributed by atoms with E-state index in [2.05, 4.69) is 11.4 Å². The van der Waals surface area contributed by atoms with E-state index in [1.807, 2.05) is 30.3 Å². The Morgan fingerprint density at radius 3 is 2.46 bits per heavy atom. The van der Waals surface area contributed by atoms with Crippen LogP contribution in [0.4, 0.5) is 0 Å². The number of fused-ring (bicyclic) bond motifs is 1. The molecule has 1 N–H and O–H groups in total. The van der Waals surface area contributed by atoms with Crippen LogP contribution in [0.1, 0.15) is 23.6 Å². The molecule has 0 aromatic heterocycles. The highest BCUT2D eigenvalue weighted by atomic mass is 16.5. The van der Waals surface area contributed by atoms with Crippen molar-refractivity contribution in [3.05, 3.63) is 47.5 Å². The van der Waals surface area contributed by atoms with Gasteiger partial charge in [-0.15, -0.1) is 0 Å². The van der Waals surface area contributed by atoms with Gasteiger partial charge in [-0.25, -0.2) is 0 Å². The molecule has 0 saturated heterocycles. The highest BCUT2D eigenvalue weighted by molar-refractivity contribution is 5.50. The van der Waals surface area contributed by atoms with E-state index in [4.69, 9.17) is 18.9 Å². The number of ether oxygens (including phenoxy) is 4. The summed E-state index contributed by atoms with van der Waals surface area (Å²) in [4.78, 5) is 0. The van der Waals surface area contributed by atoms with Crippen LogP contribution < -0.4 is 24.3 Å². The number of nitrogens with one attached hydrogen (secondary N) is 1. The molecule has 1 aliphatic heterocycles. The lowest BCUT2D eigenvalue weighted by atomic mass is 10.00. The second kappa shape index (κ2) is 7.45. The lowest BCUT2D eigenvalue weighted by Gasteiger charge is -2.27. The molecule has 0 aliphatic carbocycles. The molecule has 0 radical (unpaired) electrons. The average molecular weight is 329 g/mol. The number of benzene rings is 2. The van der Waals surface area contributed by atoms with Crippen molar-refractivity contribution in [2.45, 2.75) is 19.0 Å². The molecule has 1 aliphatic rings. The van der Waals surface area contributed by atoms with E-state index in [1.54, 1.807) is 21.3 Å². The summed E-state index contributed by atoms with van der Waals surface area (Å²) in [5.74, 6) is 3.10. The molecule has 5 nitrogen and oxygen atoms in total. The van der Waals surface area contributed by atoms with Gasteiger partial charge in [0.15, 0.2) is 11.5 Å². The van der Waals surface area contributed by atoms with Crippen LogP contribution in [0.2, 0.25) is 0 Å². The van der Waals surface area contributed by atoms with Gasteiger partial charge in [0.05, 0.1) is 27.9 Å². The molecular formula is C19H23NO4. The summed E-state index contributed by atoms with van der Waals surface area (Å²) in [6, 6.07) is 12.2. The summed E-state index contributed by atoms with van der Waals surface area (Å²) >= 11 is 0. The van der Waals surface area contributed by atoms with E-state index in [9.17, 15) is 0 Å². The van der Waals surface area contributed by atoms with Gasteiger partial charge in [-0.2, -0.15) is 0 Å². The van der Waals surface area contributed by atoms with Gasteiger partial charge >= 0.3 is 0 Å². The fraction of sp³-hybridized carbons (Fsp3) is 0.368. The van der Waals surface area contributed by atoms with Gasteiger partial charge in [-0.3, -0.25) is 0 Å². The Hall–Kier alpha value is -2.40. The average Bonchev–Trinajstić information content (AvgIpc) is 2.65. The van der Waals surface area contributed by atoms with E-state index >= 15 is 0 Å². The molecule has 0 spiro atoms. The quantitative estimate of drug-likeness (QED) is 0.881. The third kappa shape index (κ3) is 3.26. The van der Waals surface area contributed by atoms with E-state index in [-0.39, 0.29) is 6.04 Å². The van der Waals surface area contributed by atoms with Crippen molar-refractivity contribution in [1.82, 2.24) is 5.32 Å². The van der Waals surface area contributed by atoms with E-state index in [0.717, 1.165) is 30.1 Å². The second-order valence-electron chi connectivity index (χ2n) is 5.63. The summed E-state index contributed by atoms with van der Waals surface area (Å²) in [7, 11) is 4.92. The zero-order valence-corrected chi connectivity index (χ0v) is 14.3. The largest absolute Gasteiger partial charge is 0.496 e. The maximum absolute atomic E-state index is 5.72. The Morgan fingerprint density at radius 1 is 1.00 bits per heavy atom. The van der Waals surface area contributed by atoms with Crippen LogP contribution in [0.15, 0.2) is 36.4 Å². The summed E-state index contributed by atoms with van der Waals surface area (Å²) in [5, 5.41) is 3.60. The van der Waals surface area contributed by atoms with E-state index < -0.39 is 0 Å². The number of hydrogen-bond acceptors (Lipinski definition) is 5. The first kappa shape index (κ1) is 16.5. The molecule has 2 aromatic carbocycles. The van der Waals surface area contributed by atoms with Crippen LogP contribution in [0.3, 0.4) is 0 Å². The van der Waals surface area contributed by atoms with Crippen LogP contribution in [-0.2, 0) is 6.54 Å². The highest BCUT2D eigenvalue weighted by Gasteiger charge is 2.21. The summed E-state index contributed by atoms with van der Waals surface area (Å²) in [6.45, 7) is 1.39. The first-order valence-electron chi connectivity index (χ1n) is 8.00. The maximum Gasteiger partial charge on any atom is 0.164 e. The number of hydrogen-bond donors (Lipinski definition) is 1. The maximum atomic E-state index is 5.72. The first-order chi connectivity index (χ1) is 11.8. The summed E-state index contributed by atoms with van der Waals surface area (Å²) < 4.78 is 21.9. The molecule has 0 bridgehead atoms. The molecule has 1 atom stereocenters. The van der Waals surface area contributed by atoms with Gasteiger partial charge in [0, 0.05) is 36.2 Å². The van der Waals surface area contributed by atoms with Gasteiger partial charge in [0.2, 0.25) is 0 Å². The van der Waals surface area contributed by atoms with Crippen LogP contribution in [0, 0.1) is 0 Å². The van der Waals surface area contributed by atoms with Crippen molar-refractivity contribution in [3.8, 4) is 23.0 Å². The number of methoxy groups -OCH3 is 3. The molecule has 0 fully saturated rings. The van der Waals surface area contributed by atoms with Crippen molar-refractivity contribution in [1.29, 1.82) is 0 Å². The molecule has 0 unspecified atom stereocenters. The molecular weight excluding hydrogens is 306 g/mol. The van der Waals surface area contributed by atoms with Crippen LogP contribution >= 0.6 is 0 Å². The molecule has 0 saturated carbocycles. The zero-order valence-electron chi connectivity index (χ0n) is 14.3. The van der Waals surface area contributed by atoms with E-state index in [1.165, 1.54) is 5.56 Å². The fourth-order valence-corrected chi connectivity index (χ4v) is 3.02. The first-order valence-corrected chi connectivity index (χ1v) is 8.00. The third-order valence-electron chi connectivity index (χ3n) is 4.28. The van der Waals surface area contributed by atoms with Crippen molar-refractivity contribution in [2.24, 2.45) is 0 Å². The number of para-hydroxylation sites is 1. The van der Waals surface area contributed by atoms with Crippen molar-refractivity contribution in [3.63, 3.8) is 0 Å². The second-order valence-corrected chi connectivity index (χ2v) is 5.63.